The molecule has 2 aliphatic heterocycles. The van der Waals surface area contributed by atoms with Crippen molar-refractivity contribution in [2.75, 3.05) is 36.4 Å². The maximum absolute atomic E-state index is 12.2. The Hall–Kier alpha value is -2.90. The fourth-order valence-electron chi connectivity index (χ4n) is 3.22. The van der Waals surface area contributed by atoms with E-state index >= 15 is 0 Å². The Labute approximate surface area is 151 Å². The molecule has 0 atom stereocenters. The summed E-state index contributed by atoms with van der Waals surface area (Å²) >= 11 is 0. The van der Waals surface area contributed by atoms with Crippen LogP contribution in [0.25, 0.3) is 0 Å². The maximum Gasteiger partial charge on any atom is 0.334 e. The van der Waals surface area contributed by atoms with E-state index in [1.165, 1.54) is 19.3 Å². The van der Waals surface area contributed by atoms with Crippen LogP contribution in [-0.2, 0) is 14.4 Å². The van der Waals surface area contributed by atoms with Crippen LogP contribution in [0, 0.1) is 0 Å². The van der Waals surface area contributed by atoms with E-state index < -0.39 is 30.3 Å². The first-order valence-corrected chi connectivity index (χ1v) is 8.83. The highest BCUT2D eigenvalue weighted by molar-refractivity contribution is 6.45. The Morgan fingerprint density at radius 2 is 1.58 bits per heavy atom. The van der Waals surface area contributed by atoms with Crippen LogP contribution in [0.4, 0.5) is 16.2 Å². The minimum atomic E-state index is -0.965. The molecule has 8 nitrogen and oxygen atoms in total. The fraction of sp³-hybridized carbons (Fsp3) is 0.444. The van der Waals surface area contributed by atoms with Crippen molar-refractivity contribution >= 4 is 35.1 Å². The van der Waals surface area contributed by atoms with Crippen LogP contribution in [0.1, 0.15) is 26.2 Å². The van der Waals surface area contributed by atoms with Crippen molar-refractivity contribution in [3.63, 3.8) is 0 Å². The van der Waals surface area contributed by atoms with Gasteiger partial charge in [-0.2, -0.15) is 0 Å². The van der Waals surface area contributed by atoms with Crippen molar-refractivity contribution in [3.05, 3.63) is 24.3 Å². The van der Waals surface area contributed by atoms with Crippen molar-refractivity contribution in [1.82, 2.24) is 9.80 Å². The summed E-state index contributed by atoms with van der Waals surface area (Å²) in [5.74, 6) is -2.38. The van der Waals surface area contributed by atoms with Crippen LogP contribution in [0.5, 0.6) is 0 Å². The number of nitrogens with one attached hydrogen (secondary N) is 1. The van der Waals surface area contributed by atoms with Gasteiger partial charge in [-0.25, -0.2) is 9.69 Å². The van der Waals surface area contributed by atoms with Crippen LogP contribution < -0.4 is 10.2 Å². The molecule has 8 heteroatoms. The molecule has 2 aliphatic rings. The number of carbonyl (C=O) groups is 4. The summed E-state index contributed by atoms with van der Waals surface area (Å²) in [5.41, 5.74) is 1.69. The van der Waals surface area contributed by atoms with Crippen LogP contribution in [-0.4, -0.2) is 59.7 Å². The molecule has 2 saturated heterocycles. The molecule has 1 aromatic carbocycles. The van der Waals surface area contributed by atoms with E-state index in [1.54, 1.807) is 19.1 Å². The van der Waals surface area contributed by atoms with Gasteiger partial charge in [-0.05, 0) is 50.5 Å². The SMILES string of the molecule is CCN1C(=O)C(=O)N(CC(=O)Nc2ccc(N3CCCCC3)cc2)C1=O. The normalized spacial score (nSPS) is 17.9. The number of nitrogens with zero attached hydrogens (tertiary/aromatic N) is 3. The second-order valence-electron chi connectivity index (χ2n) is 6.37. The van der Waals surface area contributed by atoms with Gasteiger partial charge in [-0.3, -0.25) is 19.3 Å². The topological polar surface area (TPSA) is 90.0 Å². The standard InChI is InChI=1S/C18H22N4O4/c1-2-21-16(24)17(25)22(18(21)26)12-15(23)19-13-6-8-14(9-7-13)20-10-4-3-5-11-20/h6-9H,2-5,10-12H2,1H3,(H,19,23). The number of likely N-dealkylation sites (N-methyl/N-ethyl adjacent to an activating group) is 1. The highest BCUT2D eigenvalue weighted by Gasteiger charge is 2.44. The highest BCUT2D eigenvalue weighted by Crippen LogP contribution is 2.22. The van der Waals surface area contributed by atoms with Gasteiger partial charge in [0.1, 0.15) is 6.54 Å². The highest BCUT2D eigenvalue weighted by atomic mass is 16.2. The molecule has 3 rings (SSSR count). The maximum atomic E-state index is 12.2. The van der Waals surface area contributed by atoms with Crippen molar-refractivity contribution < 1.29 is 19.2 Å². The van der Waals surface area contributed by atoms with E-state index in [1.807, 2.05) is 12.1 Å². The van der Waals surface area contributed by atoms with Crippen LogP contribution >= 0.6 is 0 Å². The Morgan fingerprint density at radius 3 is 2.15 bits per heavy atom. The molecule has 1 N–H and O–H groups in total. The zero-order valence-electron chi connectivity index (χ0n) is 14.7. The number of urea groups is 1. The number of amides is 5. The molecule has 5 amide bonds. The summed E-state index contributed by atoms with van der Waals surface area (Å²) in [4.78, 5) is 51.4. The minimum Gasteiger partial charge on any atom is -0.372 e. The molecular formula is C18H22N4O4. The molecular weight excluding hydrogens is 336 g/mol. The molecule has 2 fully saturated rings. The monoisotopic (exact) mass is 358 g/mol. The van der Waals surface area contributed by atoms with E-state index in [0.717, 1.165) is 23.7 Å². The Bertz CT molecular complexity index is 725. The van der Waals surface area contributed by atoms with Gasteiger partial charge in [0.15, 0.2) is 0 Å². The average molecular weight is 358 g/mol. The minimum absolute atomic E-state index is 0.0967. The van der Waals surface area contributed by atoms with E-state index in [4.69, 9.17) is 0 Å². The number of anilines is 2. The third-order valence-corrected chi connectivity index (χ3v) is 4.63. The lowest BCUT2D eigenvalue weighted by Gasteiger charge is -2.28. The number of hydrogen-bond acceptors (Lipinski definition) is 5. The molecule has 0 aromatic heterocycles. The molecule has 1 aromatic rings. The molecule has 26 heavy (non-hydrogen) atoms. The van der Waals surface area contributed by atoms with Gasteiger partial charge in [-0.1, -0.05) is 0 Å². The first-order chi connectivity index (χ1) is 12.5. The largest absolute Gasteiger partial charge is 0.372 e. The predicted octanol–water partition coefficient (Wildman–Crippen LogP) is 1.43. The molecule has 0 unspecified atom stereocenters. The summed E-state index contributed by atoms with van der Waals surface area (Å²) in [6.45, 7) is 3.28. The third-order valence-electron chi connectivity index (χ3n) is 4.63. The predicted molar refractivity (Wildman–Crippen MR) is 95.6 cm³/mol. The number of rotatable bonds is 5. The molecule has 0 bridgehead atoms. The Kier molecular flexibility index (Phi) is 5.20. The molecule has 0 aliphatic carbocycles. The smallest absolute Gasteiger partial charge is 0.334 e. The molecule has 0 radical (unpaired) electrons. The zero-order chi connectivity index (χ0) is 18.7. The first kappa shape index (κ1) is 17.9. The first-order valence-electron chi connectivity index (χ1n) is 8.83. The van der Waals surface area contributed by atoms with Crippen molar-refractivity contribution in [3.8, 4) is 0 Å². The van der Waals surface area contributed by atoms with Gasteiger partial charge in [0.2, 0.25) is 5.91 Å². The van der Waals surface area contributed by atoms with Gasteiger partial charge in [0.25, 0.3) is 0 Å². The van der Waals surface area contributed by atoms with Crippen molar-refractivity contribution in [2.24, 2.45) is 0 Å². The van der Waals surface area contributed by atoms with Crippen LogP contribution in [0.15, 0.2) is 24.3 Å². The molecule has 2 heterocycles. The van der Waals surface area contributed by atoms with Gasteiger partial charge in [-0.15, -0.1) is 0 Å². The van der Waals surface area contributed by atoms with E-state index in [2.05, 4.69) is 10.2 Å². The second-order valence-corrected chi connectivity index (χ2v) is 6.37. The third kappa shape index (κ3) is 3.54. The lowest BCUT2D eigenvalue weighted by atomic mass is 10.1. The summed E-state index contributed by atoms with van der Waals surface area (Å²) in [6, 6.07) is 6.71. The van der Waals surface area contributed by atoms with Gasteiger partial charge in [0.05, 0.1) is 0 Å². The fourth-order valence-corrected chi connectivity index (χ4v) is 3.22. The number of benzene rings is 1. The lowest BCUT2D eigenvalue weighted by molar-refractivity contribution is -0.143. The molecule has 0 spiro atoms. The summed E-state index contributed by atoms with van der Waals surface area (Å²) in [6.07, 6.45) is 3.63. The van der Waals surface area contributed by atoms with Crippen molar-refractivity contribution in [1.29, 1.82) is 0 Å². The van der Waals surface area contributed by atoms with Gasteiger partial charge >= 0.3 is 17.8 Å². The average Bonchev–Trinajstić information content (AvgIpc) is 2.86. The lowest BCUT2D eigenvalue weighted by Crippen LogP contribution is -2.39. The quantitative estimate of drug-likeness (QED) is 0.635. The van der Waals surface area contributed by atoms with Gasteiger partial charge in [0, 0.05) is 31.0 Å². The van der Waals surface area contributed by atoms with Crippen LogP contribution in [0.3, 0.4) is 0 Å². The summed E-state index contributed by atoms with van der Waals surface area (Å²) in [5, 5.41) is 2.65. The number of piperidine rings is 1. The second kappa shape index (κ2) is 7.55. The zero-order valence-corrected chi connectivity index (χ0v) is 14.7. The van der Waals surface area contributed by atoms with E-state index in [0.29, 0.717) is 10.6 Å². The molecule has 0 saturated carbocycles. The van der Waals surface area contributed by atoms with Gasteiger partial charge < -0.3 is 10.2 Å². The number of hydrogen-bond donors (Lipinski definition) is 1. The van der Waals surface area contributed by atoms with Crippen molar-refractivity contribution in [2.45, 2.75) is 26.2 Å². The number of carbonyl (C=O) groups excluding carboxylic acids is 4. The van der Waals surface area contributed by atoms with Crippen LogP contribution in [0.2, 0.25) is 0 Å². The van der Waals surface area contributed by atoms with E-state index in [-0.39, 0.29) is 6.54 Å². The Morgan fingerprint density at radius 1 is 0.962 bits per heavy atom. The molecule has 138 valence electrons. The summed E-state index contributed by atoms with van der Waals surface area (Å²) in [7, 11) is 0. The number of imide groups is 2. The Balaban J connectivity index is 1.59. The summed E-state index contributed by atoms with van der Waals surface area (Å²) < 4.78 is 0. The van der Waals surface area contributed by atoms with E-state index in [9.17, 15) is 19.2 Å².